The van der Waals surface area contributed by atoms with Gasteiger partial charge in [-0.2, -0.15) is 0 Å². The van der Waals surface area contributed by atoms with Gasteiger partial charge in [0.2, 0.25) is 23.6 Å². The molecule has 5 unspecified atom stereocenters. The summed E-state index contributed by atoms with van der Waals surface area (Å²) in [6, 6.07) is 3.03. The smallest absolute Gasteiger partial charge is 0.328 e. The number of nitrogens with one attached hydrogen (secondary N) is 3. The van der Waals surface area contributed by atoms with Gasteiger partial charge in [0, 0.05) is 12.8 Å². The van der Waals surface area contributed by atoms with Crippen LogP contribution in [0.5, 0.6) is 0 Å². The maximum atomic E-state index is 12.9. The summed E-state index contributed by atoms with van der Waals surface area (Å²) in [5.41, 5.74) is 11.5. The van der Waals surface area contributed by atoms with E-state index in [1.165, 1.54) is 0 Å². The Morgan fingerprint density at radius 2 is 1.50 bits per heavy atom. The monoisotopic (exact) mass is 481 g/mol. The van der Waals surface area contributed by atoms with E-state index >= 15 is 0 Å². The number of benzene rings is 1. The molecule has 10 N–H and O–H groups in total. The molecule has 0 aliphatic carbocycles. The lowest BCUT2D eigenvalue weighted by molar-refractivity contribution is -0.145. The molecule has 0 heterocycles. The standard InChI is InChI=1S/C21H31N5O8/c1-11(28)17(21(33)34)26-20(32)15(10-27)25-19(31)14(9-12-5-3-2-4-6-12)24-18(30)13(22)7-8-16(23)29/h2-6,11,13-15,17,27-28H,7-10,22H2,1H3,(H2,23,29)(H,24,30)(H,25,31)(H,26,32)(H,33,34). The minimum Gasteiger partial charge on any atom is -0.480 e. The van der Waals surface area contributed by atoms with Crippen LogP contribution in [0.3, 0.4) is 0 Å². The molecule has 0 spiro atoms. The molecule has 0 aliphatic heterocycles. The lowest BCUT2D eigenvalue weighted by Gasteiger charge is -2.25. The van der Waals surface area contributed by atoms with Crippen molar-refractivity contribution in [3.05, 3.63) is 35.9 Å². The summed E-state index contributed by atoms with van der Waals surface area (Å²) in [5, 5.41) is 34.9. The third kappa shape index (κ3) is 9.52. The summed E-state index contributed by atoms with van der Waals surface area (Å²) in [4.78, 5) is 59.9. The van der Waals surface area contributed by atoms with Crippen molar-refractivity contribution in [1.29, 1.82) is 0 Å². The number of carbonyl (C=O) groups excluding carboxylic acids is 4. The van der Waals surface area contributed by atoms with Gasteiger partial charge in [0.1, 0.15) is 12.1 Å². The molecule has 0 aromatic heterocycles. The third-order valence-corrected chi connectivity index (χ3v) is 4.82. The number of hydrogen-bond donors (Lipinski definition) is 8. The van der Waals surface area contributed by atoms with E-state index in [-0.39, 0.29) is 19.3 Å². The van der Waals surface area contributed by atoms with E-state index in [4.69, 9.17) is 16.6 Å². The zero-order valence-electron chi connectivity index (χ0n) is 18.6. The number of amides is 4. The Hall–Kier alpha value is -3.55. The number of aliphatic carboxylic acids is 1. The van der Waals surface area contributed by atoms with Crippen LogP contribution in [0.1, 0.15) is 25.3 Å². The number of hydrogen-bond acceptors (Lipinski definition) is 8. The van der Waals surface area contributed by atoms with Gasteiger partial charge in [-0.3, -0.25) is 19.2 Å². The van der Waals surface area contributed by atoms with Gasteiger partial charge in [-0.25, -0.2) is 4.79 Å². The number of nitrogens with two attached hydrogens (primary N) is 2. The summed E-state index contributed by atoms with van der Waals surface area (Å²) in [6.07, 6.45) is -1.61. The first-order valence-electron chi connectivity index (χ1n) is 10.5. The molecule has 0 saturated heterocycles. The van der Waals surface area contributed by atoms with Crippen LogP contribution >= 0.6 is 0 Å². The molecular formula is C21H31N5O8. The molecule has 13 heteroatoms. The molecule has 1 aromatic carbocycles. The SMILES string of the molecule is CC(O)C(NC(=O)C(CO)NC(=O)C(Cc1ccccc1)NC(=O)C(N)CCC(N)=O)C(=O)O. The van der Waals surface area contributed by atoms with Crippen LogP contribution in [0.15, 0.2) is 30.3 Å². The van der Waals surface area contributed by atoms with Gasteiger partial charge in [-0.15, -0.1) is 0 Å². The van der Waals surface area contributed by atoms with Gasteiger partial charge >= 0.3 is 5.97 Å². The van der Waals surface area contributed by atoms with Crippen LogP contribution in [0, 0.1) is 0 Å². The topological polar surface area (TPSA) is 234 Å². The molecular weight excluding hydrogens is 450 g/mol. The third-order valence-electron chi connectivity index (χ3n) is 4.82. The van der Waals surface area contributed by atoms with Gasteiger partial charge in [-0.05, 0) is 18.9 Å². The van der Waals surface area contributed by atoms with Crippen molar-refractivity contribution in [2.24, 2.45) is 11.5 Å². The molecule has 0 fully saturated rings. The summed E-state index contributed by atoms with van der Waals surface area (Å²) < 4.78 is 0. The van der Waals surface area contributed by atoms with Crippen molar-refractivity contribution in [3.8, 4) is 0 Å². The van der Waals surface area contributed by atoms with E-state index in [0.29, 0.717) is 5.56 Å². The molecule has 5 atom stereocenters. The van der Waals surface area contributed by atoms with Crippen molar-refractivity contribution in [3.63, 3.8) is 0 Å². The fraction of sp³-hybridized carbons (Fsp3) is 0.476. The minimum absolute atomic E-state index is 0.00610. The Labute approximate surface area is 195 Å². The zero-order valence-corrected chi connectivity index (χ0v) is 18.6. The number of carboxylic acids is 1. The fourth-order valence-electron chi connectivity index (χ4n) is 2.88. The number of primary amides is 1. The van der Waals surface area contributed by atoms with Crippen LogP contribution in [-0.2, 0) is 30.4 Å². The van der Waals surface area contributed by atoms with Crippen LogP contribution in [0.4, 0.5) is 0 Å². The number of carbonyl (C=O) groups is 5. The number of aliphatic hydroxyl groups excluding tert-OH is 2. The predicted octanol–water partition coefficient (Wildman–Crippen LogP) is -3.27. The normalized spacial score (nSPS) is 15.2. The highest BCUT2D eigenvalue weighted by molar-refractivity contribution is 5.94. The zero-order chi connectivity index (χ0) is 25.8. The Balaban J connectivity index is 2.97. The summed E-state index contributed by atoms with van der Waals surface area (Å²) in [6.45, 7) is 0.270. The van der Waals surface area contributed by atoms with Crippen molar-refractivity contribution in [2.45, 2.75) is 56.5 Å². The average molecular weight is 482 g/mol. The van der Waals surface area contributed by atoms with Gasteiger partial charge in [0.25, 0.3) is 0 Å². The van der Waals surface area contributed by atoms with Crippen molar-refractivity contribution in [1.82, 2.24) is 16.0 Å². The van der Waals surface area contributed by atoms with E-state index in [1.54, 1.807) is 30.3 Å². The molecule has 13 nitrogen and oxygen atoms in total. The maximum absolute atomic E-state index is 12.9. The molecule has 34 heavy (non-hydrogen) atoms. The highest BCUT2D eigenvalue weighted by atomic mass is 16.4. The van der Waals surface area contributed by atoms with Crippen LogP contribution in [-0.4, -0.2) is 81.8 Å². The second kappa shape index (κ2) is 13.9. The Morgan fingerprint density at radius 1 is 0.941 bits per heavy atom. The molecule has 188 valence electrons. The second-order valence-electron chi connectivity index (χ2n) is 7.67. The maximum Gasteiger partial charge on any atom is 0.328 e. The minimum atomic E-state index is -1.67. The van der Waals surface area contributed by atoms with Gasteiger partial charge in [0.05, 0.1) is 18.8 Å². The molecule has 4 amide bonds. The molecule has 0 bridgehead atoms. The van der Waals surface area contributed by atoms with Crippen molar-refractivity contribution >= 4 is 29.6 Å². The molecule has 0 saturated carbocycles. The van der Waals surface area contributed by atoms with Crippen molar-refractivity contribution < 1.29 is 39.3 Å². The highest BCUT2D eigenvalue weighted by Gasteiger charge is 2.31. The highest BCUT2D eigenvalue weighted by Crippen LogP contribution is 2.06. The molecule has 0 radical (unpaired) electrons. The number of rotatable bonds is 14. The second-order valence-corrected chi connectivity index (χ2v) is 7.67. The Kier molecular flexibility index (Phi) is 11.6. The Bertz CT molecular complexity index is 864. The quantitative estimate of drug-likeness (QED) is 0.133. The molecule has 1 aromatic rings. The van der Waals surface area contributed by atoms with E-state index in [1.807, 2.05) is 5.32 Å². The van der Waals surface area contributed by atoms with Crippen molar-refractivity contribution in [2.75, 3.05) is 6.61 Å². The average Bonchev–Trinajstić information content (AvgIpc) is 2.78. The molecule has 0 aliphatic rings. The van der Waals surface area contributed by atoms with E-state index in [2.05, 4.69) is 10.6 Å². The first-order valence-corrected chi connectivity index (χ1v) is 10.5. The Morgan fingerprint density at radius 3 is 2.00 bits per heavy atom. The fourth-order valence-corrected chi connectivity index (χ4v) is 2.88. The lowest BCUT2D eigenvalue weighted by atomic mass is 10.0. The van der Waals surface area contributed by atoms with Crippen LogP contribution in [0.25, 0.3) is 0 Å². The number of aliphatic hydroxyl groups is 2. The van der Waals surface area contributed by atoms with Gasteiger partial charge < -0.3 is 42.7 Å². The summed E-state index contributed by atoms with van der Waals surface area (Å²) in [5.74, 6) is -4.78. The molecule has 1 rings (SSSR count). The van der Waals surface area contributed by atoms with E-state index < -0.39 is 66.5 Å². The first-order chi connectivity index (χ1) is 16.0. The number of carboxylic acid groups (broad SMARTS) is 1. The van der Waals surface area contributed by atoms with Gasteiger partial charge in [-0.1, -0.05) is 30.3 Å². The van der Waals surface area contributed by atoms with Gasteiger partial charge in [0.15, 0.2) is 6.04 Å². The summed E-state index contributed by atoms with van der Waals surface area (Å²) >= 11 is 0. The largest absolute Gasteiger partial charge is 0.480 e. The lowest BCUT2D eigenvalue weighted by Crippen LogP contribution is -2.59. The first kappa shape index (κ1) is 28.5. The van der Waals surface area contributed by atoms with Crippen LogP contribution < -0.4 is 27.4 Å². The predicted molar refractivity (Wildman–Crippen MR) is 119 cm³/mol. The summed E-state index contributed by atoms with van der Waals surface area (Å²) in [7, 11) is 0. The van der Waals surface area contributed by atoms with E-state index in [9.17, 15) is 34.2 Å². The van der Waals surface area contributed by atoms with E-state index in [0.717, 1.165) is 6.92 Å². The van der Waals surface area contributed by atoms with Crippen LogP contribution in [0.2, 0.25) is 0 Å².